The van der Waals surface area contributed by atoms with Gasteiger partial charge < -0.3 is 0 Å². The Labute approximate surface area is 118 Å². The van der Waals surface area contributed by atoms with Gasteiger partial charge in [0, 0.05) is 10.7 Å². The number of carbonyl (C=O) groups is 1. The van der Waals surface area contributed by atoms with Crippen LogP contribution < -0.4 is 5.32 Å². The number of rotatable bonds is 2. The molecule has 1 aromatic heterocycles. The summed E-state index contributed by atoms with van der Waals surface area (Å²) >= 11 is 9.06. The second-order valence-corrected chi connectivity index (χ2v) is 4.88. The molecule has 1 aromatic carbocycles. The lowest BCUT2D eigenvalue weighted by Crippen LogP contribution is -2.14. The quantitative estimate of drug-likeness (QED) is 0.860. The molecule has 4 nitrogen and oxygen atoms in total. The Morgan fingerprint density at radius 3 is 2.83 bits per heavy atom. The van der Waals surface area contributed by atoms with Crippen LogP contribution in [0.1, 0.15) is 15.9 Å². The van der Waals surface area contributed by atoms with E-state index in [-0.39, 0.29) is 17.0 Å². The maximum atomic E-state index is 12.0. The van der Waals surface area contributed by atoms with Crippen LogP contribution in [0.25, 0.3) is 0 Å². The van der Waals surface area contributed by atoms with Crippen molar-refractivity contribution in [2.45, 2.75) is 6.92 Å². The number of nitrogens with zero attached hydrogens (tertiary/aromatic N) is 2. The monoisotopic (exact) mass is 325 g/mol. The first-order chi connectivity index (χ1) is 8.56. The molecule has 92 valence electrons. The molecule has 0 unspecified atom stereocenters. The van der Waals surface area contributed by atoms with Crippen LogP contribution >= 0.6 is 27.5 Å². The van der Waals surface area contributed by atoms with Gasteiger partial charge in [0.15, 0.2) is 0 Å². The van der Waals surface area contributed by atoms with Crippen LogP contribution in [-0.2, 0) is 0 Å². The Bertz CT molecular complexity index is 604. The third-order valence-corrected chi connectivity index (χ3v) is 3.08. The third kappa shape index (κ3) is 3.05. The van der Waals surface area contributed by atoms with Gasteiger partial charge in [-0.05, 0) is 46.6 Å². The SMILES string of the molecule is Cc1ccc(C(=O)Nc2nccc(Cl)n2)c(Br)c1. The first-order valence-corrected chi connectivity index (χ1v) is 6.29. The molecule has 0 bridgehead atoms. The van der Waals surface area contributed by atoms with E-state index in [9.17, 15) is 4.79 Å². The van der Waals surface area contributed by atoms with Crippen molar-refractivity contribution in [2.24, 2.45) is 0 Å². The maximum Gasteiger partial charge on any atom is 0.259 e. The number of benzene rings is 1. The lowest BCUT2D eigenvalue weighted by atomic mass is 10.1. The molecular weight excluding hydrogens is 318 g/mol. The summed E-state index contributed by atoms with van der Waals surface area (Å²) in [4.78, 5) is 19.8. The van der Waals surface area contributed by atoms with Crippen molar-refractivity contribution in [3.8, 4) is 0 Å². The summed E-state index contributed by atoms with van der Waals surface area (Å²) in [6, 6.07) is 7.00. The lowest BCUT2D eigenvalue weighted by Gasteiger charge is -2.06. The summed E-state index contributed by atoms with van der Waals surface area (Å²) in [7, 11) is 0. The molecule has 1 amide bonds. The molecule has 1 heterocycles. The summed E-state index contributed by atoms with van der Waals surface area (Å²) in [5.74, 6) is -0.107. The zero-order valence-corrected chi connectivity index (χ0v) is 11.8. The predicted molar refractivity (Wildman–Crippen MR) is 73.9 cm³/mol. The minimum Gasteiger partial charge on any atom is -0.290 e. The number of anilines is 1. The average molecular weight is 327 g/mol. The minimum absolute atomic E-state index is 0.181. The van der Waals surface area contributed by atoms with Gasteiger partial charge >= 0.3 is 0 Å². The molecule has 2 rings (SSSR count). The molecule has 0 saturated carbocycles. The summed E-state index contributed by atoms with van der Waals surface area (Å²) in [6.45, 7) is 1.95. The number of aryl methyl sites for hydroxylation is 1. The molecule has 0 aliphatic rings. The molecule has 0 aliphatic heterocycles. The van der Waals surface area contributed by atoms with E-state index in [2.05, 4.69) is 31.2 Å². The van der Waals surface area contributed by atoms with Crippen LogP contribution in [0.3, 0.4) is 0 Å². The molecule has 0 atom stereocenters. The van der Waals surface area contributed by atoms with E-state index in [1.165, 1.54) is 6.20 Å². The highest BCUT2D eigenvalue weighted by molar-refractivity contribution is 9.10. The van der Waals surface area contributed by atoms with Crippen LogP contribution in [0.4, 0.5) is 5.95 Å². The van der Waals surface area contributed by atoms with Gasteiger partial charge in [0.05, 0.1) is 5.56 Å². The number of carbonyl (C=O) groups excluding carboxylic acids is 1. The van der Waals surface area contributed by atoms with Crippen LogP contribution in [0.5, 0.6) is 0 Å². The number of nitrogens with one attached hydrogen (secondary N) is 1. The molecular formula is C12H9BrClN3O. The van der Waals surface area contributed by atoms with Crippen molar-refractivity contribution in [2.75, 3.05) is 5.32 Å². The van der Waals surface area contributed by atoms with E-state index in [1.54, 1.807) is 12.1 Å². The molecule has 2 aromatic rings. The molecule has 18 heavy (non-hydrogen) atoms. The topological polar surface area (TPSA) is 54.9 Å². The number of hydrogen-bond acceptors (Lipinski definition) is 3. The first kappa shape index (κ1) is 13.0. The van der Waals surface area contributed by atoms with Crippen molar-refractivity contribution < 1.29 is 4.79 Å². The summed E-state index contributed by atoms with van der Waals surface area (Å²) < 4.78 is 0.724. The van der Waals surface area contributed by atoms with Gasteiger partial charge in [0.2, 0.25) is 5.95 Å². The van der Waals surface area contributed by atoms with Crippen molar-refractivity contribution in [3.05, 3.63) is 51.2 Å². The van der Waals surface area contributed by atoms with Gasteiger partial charge in [0.25, 0.3) is 5.91 Å². The van der Waals surface area contributed by atoms with E-state index in [0.29, 0.717) is 5.56 Å². The Hall–Kier alpha value is -1.46. The predicted octanol–water partition coefficient (Wildman–Crippen LogP) is 3.45. The fraction of sp³-hybridized carbons (Fsp3) is 0.0833. The van der Waals surface area contributed by atoms with Gasteiger partial charge in [-0.2, -0.15) is 0 Å². The average Bonchev–Trinajstić information content (AvgIpc) is 2.28. The minimum atomic E-state index is -0.288. The van der Waals surface area contributed by atoms with E-state index in [4.69, 9.17) is 11.6 Å². The van der Waals surface area contributed by atoms with Crippen molar-refractivity contribution >= 4 is 39.4 Å². The Morgan fingerprint density at radius 2 is 2.17 bits per heavy atom. The Balaban J connectivity index is 2.22. The van der Waals surface area contributed by atoms with E-state index >= 15 is 0 Å². The number of aromatic nitrogens is 2. The van der Waals surface area contributed by atoms with Gasteiger partial charge in [0.1, 0.15) is 5.15 Å². The van der Waals surface area contributed by atoms with E-state index < -0.39 is 0 Å². The smallest absolute Gasteiger partial charge is 0.259 e. The summed E-state index contributed by atoms with van der Waals surface area (Å²) in [5.41, 5.74) is 1.58. The molecule has 1 N–H and O–H groups in total. The van der Waals surface area contributed by atoms with Crippen LogP contribution in [0.2, 0.25) is 5.15 Å². The number of halogens is 2. The van der Waals surface area contributed by atoms with Gasteiger partial charge in [-0.25, -0.2) is 9.97 Å². The fourth-order valence-corrected chi connectivity index (χ4v) is 2.18. The standard InChI is InChI=1S/C12H9BrClN3O/c1-7-2-3-8(9(13)6-7)11(18)17-12-15-5-4-10(14)16-12/h2-6H,1H3,(H,15,16,17,18). The maximum absolute atomic E-state index is 12.0. The van der Waals surface area contributed by atoms with Crippen molar-refractivity contribution in [3.63, 3.8) is 0 Å². The molecule has 0 spiro atoms. The molecule has 0 saturated heterocycles. The highest BCUT2D eigenvalue weighted by Gasteiger charge is 2.11. The largest absolute Gasteiger partial charge is 0.290 e. The van der Waals surface area contributed by atoms with Gasteiger partial charge in [-0.15, -0.1) is 0 Å². The fourth-order valence-electron chi connectivity index (χ4n) is 1.37. The molecule has 0 aliphatic carbocycles. The lowest BCUT2D eigenvalue weighted by molar-refractivity contribution is 0.102. The van der Waals surface area contributed by atoms with Crippen molar-refractivity contribution in [1.29, 1.82) is 0 Å². The van der Waals surface area contributed by atoms with Crippen LogP contribution in [-0.4, -0.2) is 15.9 Å². The number of amides is 1. The molecule has 0 fully saturated rings. The zero-order chi connectivity index (χ0) is 13.1. The zero-order valence-electron chi connectivity index (χ0n) is 9.45. The summed E-state index contributed by atoms with van der Waals surface area (Å²) in [6.07, 6.45) is 1.48. The molecule has 0 radical (unpaired) electrons. The second-order valence-electron chi connectivity index (χ2n) is 3.64. The first-order valence-electron chi connectivity index (χ1n) is 5.12. The van der Waals surface area contributed by atoms with Crippen molar-refractivity contribution in [1.82, 2.24) is 9.97 Å². The third-order valence-electron chi connectivity index (χ3n) is 2.22. The highest BCUT2D eigenvalue weighted by Crippen LogP contribution is 2.19. The number of hydrogen-bond donors (Lipinski definition) is 1. The normalized spacial score (nSPS) is 10.2. The Kier molecular flexibility index (Phi) is 3.93. The van der Waals surface area contributed by atoms with E-state index in [1.807, 2.05) is 19.1 Å². The highest BCUT2D eigenvalue weighted by atomic mass is 79.9. The van der Waals surface area contributed by atoms with Gasteiger partial charge in [-0.1, -0.05) is 17.7 Å². The Morgan fingerprint density at radius 1 is 1.39 bits per heavy atom. The molecule has 6 heteroatoms. The van der Waals surface area contributed by atoms with Crippen LogP contribution in [0, 0.1) is 6.92 Å². The van der Waals surface area contributed by atoms with E-state index in [0.717, 1.165) is 10.0 Å². The van der Waals surface area contributed by atoms with Gasteiger partial charge in [-0.3, -0.25) is 10.1 Å². The van der Waals surface area contributed by atoms with Crippen LogP contribution in [0.15, 0.2) is 34.9 Å². The summed E-state index contributed by atoms with van der Waals surface area (Å²) in [5, 5.41) is 2.86. The second kappa shape index (κ2) is 5.46.